The van der Waals surface area contributed by atoms with E-state index in [1.807, 2.05) is 0 Å². The first-order chi connectivity index (χ1) is 5.25. The number of aldehydes is 1. The van der Waals surface area contributed by atoms with Crippen LogP contribution >= 0.6 is 22.6 Å². The van der Waals surface area contributed by atoms with Crippen molar-refractivity contribution in [1.29, 1.82) is 0 Å². The van der Waals surface area contributed by atoms with Crippen LogP contribution in [-0.4, -0.2) is 10.1 Å². The lowest BCUT2D eigenvalue weighted by Crippen LogP contribution is -2.24. The second-order valence-corrected chi connectivity index (χ2v) is 4.06. The first-order valence-electron chi connectivity index (χ1n) is 3.90. The van der Waals surface area contributed by atoms with Crippen molar-refractivity contribution in [3.63, 3.8) is 0 Å². The van der Waals surface area contributed by atoms with Crippen molar-refractivity contribution in [1.82, 2.24) is 0 Å². The van der Waals surface area contributed by atoms with Crippen LogP contribution in [0.2, 0.25) is 0 Å². The van der Waals surface area contributed by atoms with E-state index in [1.54, 1.807) is 22.6 Å². The quantitative estimate of drug-likeness (QED) is 0.435. The molecule has 0 aromatic carbocycles. The van der Waals surface area contributed by atoms with E-state index in [0.717, 1.165) is 32.0 Å². The third kappa shape index (κ3) is 2.25. The lowest BCUT2D eigenvalue weighted by molar-refractivity contribution is -0.121. The highest BCUT2D eigenvalue weighted by molar-refractivity contribution is 14.1. The highest BCUT2D eigenvalue weighted by Crippen LogP contribution is 2.30. The highest BCUT2D eigenvalue weighted by Gasteiger charge is 2.28. The molecule has 62 valence electrons. The minimum atomic E-state index is 0.00755. The molecule has 0 aromatic heterocycles. The number of hydrogen-bond acceptors (Lipinski definition) is 2. The summed E-state index contributed by atoms with van der Waals surface area (Å²) in [6.45, 7) is 0. The van der Waals surface area contributed by atoms with E-state index in [9.17, 15) is 9.59 Å². The van der Waals surface area contributed by atoms with Crippen LogP contribution in [-0.2, 0) is 9.59 Å². The fraction of sp³-hybridized carbons (Fsp3) is 0.750. The van der Waals surface area contributed by atoms with Gasteiger partial charge in [0.15, 0.2) is 3.79 Å². The minimum Gasteiger partial charge on any atom is -0.303 e. The molecule has 0 amide bonds. The van der Waals surface area contributed by atoms with E-state index in [0.29, 0.717) is 0 Å². The standard InChI is InChI=1S/C8H11IO2/c9-8(11)7-4-2-1-3-6(7)5-10/h5-7H,1-4H2. The zero-order valence-electron chi connectivity index (χ0n) is 6.25. The largest absolute Gasteiger partial charge is 0.303 e. The van der Waals surface area contributed by atoms with E-state index >= 15 is 0 Å². The van der Waals surface area contributed by atoms with Crippen LogP contribution in [0.15, 0.2) is 0 Å². The molecule has 2 unspecified atom stereocenters. The molecule has 0 spiro atoms. The second-order valence-electron chi connectivity index (χ2n) is 2.99. The van der Waals surface area contributed by atoms with Gasteiger partial charge in [0.2, 0.25) is 0 Å². The Bertz CT molecular complexity index is 167. The first-order valence-corrected chi connectivity index (χ1v) is 4.98. The molecule has 0 N–H and O–H groups in total. The molecule has 0 aliphatic heterocycles. The summed E-state index contributed by atoms with van der Waals surface area (Å²) in [6, 6.07) is 0. The molecule has 1 aliphatic carbocycles. The van der Waals surface area contributed by atoms with Gasteiger partial charge in [-0.05, 0) is 35.4 Å². The van der Waals surface area contributed by atoms with Gasteiger partial charge < -0.3 is 4.79 Å². The van der Waals surface area contributed by atoms with Gasteiger partial charge in [-0.3, -0.25) is 4.79 Å². The molecule has 0 bridgehead atoms. The Labute approximate surface area is 79.9 Å². The lowest BCUT2D eigenvalue weighted by Gasteiger charge is -2.24. The fourth-order valence-electron chi connectivity index (χ4n) is 1.60. The fourth-order valence-corrected chi connectivity index (χ4v) is 2.38. The van der Waals surface area contributed by atoms with Crippen LogP contribution in [0, 0.1) is 11.8 Å². The van der Waals surface area contributed by atoms with E-state index in [2.05, 4.69) is 0 Å². The Morgan fingerprint density at radius 3 is 2.45 bits per heavy atom. The molecule has 11 heavy (non-hydrogen) atoms. The average molecular weight is 266 g/mol. The van der Waals surface area contributed by atoms with Crippen LogP contribution in [0.25, 0.3) is 0 Å². The summed E-state index contributed by atoms with van der Waals surface area (Å²) in [6.07, 6.45) is 4.96. The predicted octanol–water partition coefficient (Wildman–Crippen LogP) is 1.95. The Hall–Kier alpha value is 0.0700. The summed E-state index contributed by atoms with van der Waals surface area (Å²) < 4.78 is 0.152. The van der Waals surface area contributed by atoms with Crippen molar-refractivity contribution in [2.24, 2.45) is 11.8 Å². The van der Waals surface area contributed by atoms with Crippen molar-refractivity contribution in [3.8, 4) is 0 Å². The van der Waals surface area contributed by atoms with Crippen LogP contribution in [0.3, 0.4) is 0 Å². The Morgan fingerprint density at radius 2 is 2.00 bits per heavy atom. The molecule has 2 atom stereocenters. The number of halogens is 1. The summed E-state index contributed by atoms with van der Waals surface area (Å²) in [5, 5.41) is 0. The summed E-state index contributed by atoms with van der Waals surface area (Å²) >= 11 is 1.80. The van der Waals surface area contributed by atoms with Crippen LogP contribution in [0.5, 0.6) is 0 Å². The van der Waals surface area contributed by atoms with Crippen molar-refractivity contribution >= 4 is 32.7 Å². The normalized spacial score (nSPS) is 31.4. The number of carbonyl (C=O) groups excluding carboxylic acids is 2. The van der Waals surface area contributed by atoms with Gasteiger partial charge in [0.05, 0.1) is 0 Å². The van der Waals surface area contributed by atoms with Gasteiger partial charge in [0, 0.05) is 11.8 Å². The van der Waals surface area contributed by atoms with Gasteiger partial charge in [0.1, 0.15) is 6.29 Å². The van der Waals surface area contributed by atoms with Gasteiger partial charge in [0.25, 0.3) is 0 Å². The van der Waals surface area contributed by atoms with E-state index in [-0.39, 0.29) is 15.6 Å². The van der Waals surface area contributed by atoms with E-state index < -0.39 is 0 Å². The molecule has 0 aromatic rings. The highest BCUT2D eigenvalue weighted by atomic mass is 127. The van der Waals surface area contributed by atoms with Gasteiger partial charge in [-0.1, -0.05) is 12.8 Å². The summed E-state index contributed by atoms with van der Waals surface area (Å²) in [5.74, 6) is 0.0231. The predicted molar refractivity (Wildman–Crippen MR) is 50.5 cm³/mol. The van der Waals surface area contributed by atoms with Gasteiger partial charge in [-0.25, -0.2) is 0 Å². The molecule has 0 heterocycles. The summed E-state index contributed by atoms with van der Waals surface area (Å²) in [7, 11) is 0. The molecule has 1 rings (SSSR count). The topological polar surface area (TPSA) is 34.1 Å². The van der Waals surface area contributed by atoms with Crippen LogP contribution in [0.1, 0.15) is 25.7 Å². The molecular weight excluding hydrogens is 255 g/mol. The van der Waals surface area contributed by atoms with Crippen molar-refractivity contribution in [2.75, 3.05) is 0 Å². The average Bonchev–Trinajstić information content (AvgIpc) is 2.04. The zero-order valence-corrected chi connectivity index (χ0v) is 8.41. The molecule has 2 nitrogen and oxygen atoms in total. The molecule has 3 heteroatoms. The Morgan fingerprint density at radius 1 is 1.36 bits per heavy atom. The molecule has 0 saturated heterocycles. The maximum atomic E-state index is 11.0. The van der Waals surface area contributed by atoms with E-state index in [4.69, 9.17) is 0 Å². The van der Waals surface area contributed by atoms with Crippen molar-refractivity contribution in [2.45, 2.75) is 25.7 Å². The molecule has 1 saturated carbocycles. The Kier molecular flexibility index (Phi) is 3.48. The van der Waals surface area contributed by atoms with E-state index in [1.165, 1.54) is 0 Å². The van der Waals surface area contributed by atoms with Crippen molar-refractivity contribution < 1.29 is 9.59 Å². The van der Waals surface area contributed by atoms with Crippen LogP contribution in [0.4, 0.5) is 0 Å². The lowest BCUT2D eigenvalue weighted by atomic mass is 9.81. The molecule has 1 aliphatic rings. The number of carbonyl (C=O) groups is 2. The third-order valence-electron chi connectivity index (χ3n) is 2.29. The molecule has 1 fully saturated rings. The second kappa shape index (κ2) is 4.18. The summed E-state index contributed by atoms with van der Waals surface area (Å²) in [5.41, 5.74) is 0. The minimum absolute atomic E-state index is 0.00755. The number of hydrogen-bond donors (Lipinski definition) is 0. The van der Waals surface area contributed by atoms with Gasteiger partial charge >= 0.3 is 0 Å². The smallest absolute Gasteiger partial charge is 0.196 e. The monoisotopic (exact) mass is 266 g/mol. The van der Waals surface area contributed by atoms with Crippen LogP contribution < -0.4 is 0 Å². The van der Waals surface area contributed by atoms with Gasteiger partial charge in [-0.2, -0.15) is 0 Å². The SMILES string of the molecule is O=CC1CCCCC1C(=O)I. The molecule has 0 radical (unpaired) electrons. The maximum Gasteiger partial charge on any atom is 0.196 e. The first kappa shape index (κ1) is 9.16. The maximum absolute atomic E-state index is 11.0. The number of rotatable bonds is 2. The molecular formula is C8H11IO2. The Balaban J connectivity index is 2.58. The zero-order chi connectivity index (χ0) is 8.27. The van der Waals surface area contributed by atoms with Gasteiger partial charge in [-0.15, -0.1) is 0 Å². The summed E-state index contributed by atoms with van der Waals surface area (Å²) in [4.78, 5) is 21.5. The van der Waals surface area contributed by atoms with Crippen molar-refractivity contribution in [3.05, 3.63) is 0 Å². The third-order valence-corrected chi connectivity index (χ3v) is 3.09.